The summed E-state index contributed by atoms with van der Waals surface area (Å²) in [5.74, 6) is -0.192. The van der Waals surface area contributed by atoms with Crippen LogP contribution in [0.15, 0.2) is 59.6 Å². The van der Waals surface area contributed by atoms with Crippen molar-refractivity contribution in [1.82, 2.24) is 0 Å². The zero-order chi connectivity index (χ0) is 15.1. The summed E-state index contributed by atoms with van der Waals surface area (Å²) in [5.41, 5.74) is 3.42. The molecule has 0 unspecified atom stereocenters. The standard InChI is InChI=1S/C18H22FN/c1-6-8-9-16(7-2)14(4)20-15(5)17-11-10-13(3)18(19)12-17/h6-12,14H,1H2,2-5H3/b9-8-,16-7+,20-15+/t14-/m0/s1. The summed E-state index contributed by atoms with van der Waals surface area (Å²) >= 11 is 0. The molecule has 20 heavy (non-hydrogen) atoms. The molecule has 0 aromatic heterocycles. The minimum atomic E-state index is -0.192. The number of allylic oxidation sites excluding steroid dienone is 3. The molecule has 0 heterocycles. The highest BCUT2D eigenvalue weighted by Gasteiger charge is 2.06. The van der Waals surface area contributed by atoms with E-state index in [2.05, 4.69) is 11.6 Å². The molecule has 0 aliphatic rings. The minimum absolute atomic E-state index is 0.0283. The fourth-order valence-electron chi connectivity index (χ4n) is 1.91. The Bertz CT molecular complexity index is 565. The largest absolute Gasteiger partial charge is 0.282 e. The first-order valence-electron chi connectivity index (χ1n) is 6.75. The molecule has 1 rings (SSSR count). The maximum atomic E-state index is 13.6. The molecule has 0 saturated heterocycles. The molecule has 0 N–H and O–H groups in total. The summed E-state index contributed by atoms with van der Waals surface area (Å²) in [7, 11) is 0. The number of rotatable bonds is 5. The monoisotopic (exact) mass is 271 g/mol. The van der Waals surface area contributed by atoms with Gasteiger partial charge in [-0.3, -0.25) is 4.99 Å². The summed E-state index contributed by atoms with van der Waals surface area (Å²) in [5, 5.41) is 0. The van der Waals surface area contributed by atoms with Gasteiger partial charge in [-0.05, 0) is 50.5 Å². The first-order chi connectivity index (χ1) is 9.49. The van der Waals surface area contributed by atoms with Gasteiger partial charge in [-0.25, -0.2) is 4.39 Å². The number of hydrogen-bond acceptors (Lipinski definition) is 1. The van der Waals surface area contributed by atoms with Gasteiger partial charge in [0.15, 0.2) is 0 Å². The quantitative estimate of drug-likeness (QED) is 0.526. The first-order valence-corrected chi connectivity index (χ1v) is 6.75. The van der Waals surface area contributed by atoms with Crippen molar-refractivity contribution < 1.29 is 4.39 Å². The third kappa shape index (κ3) is 4.30. The van der Waals surface area contributed by atoms with E-state index in [9.17, 15) is 4.39 Å². The van der Waals surface area contributed by atoms with Crippen molar-refractivity contribution in [1.29, 1.82) is 0 Å². The van der Waals surface area contributed by atoms with E-state index in [4.69, 9.17) is 0 Å². The Hall–Kier alpha value is -1.96. The Kier molecular flexibility index (Phi) is 6.10. The molecule has 0 bridgehead atoms. The van der Waals surface area contributed by atoms with Crippen molar-refractivity contribution in [2.75, 3.05) is 0 Å². The van der Waals surface area contributed by atoms with Crippen LogP contribution in [0.3, 0.4) is 0 Å². The molecule has 0 saturated carbocycles. The highest BCUT2D eigenvalue weighted by atomic mass is 19.1. The Morgan fingerprint density at radius 1 is 1.40 bits per heavy atom. The van der Waals surface area contributed by atoms with Gasteiger partial charge in [-0.1, -0.05) is 43.0 Å². The number of hydrogen-bond donors (Lipinski definition) is 0. The summed E-state index contributed by atoms with van der Waals surface area (Å²) in [6, 6.07) is 5.25. The molecule has 0 aliphatic heterocycles. The third-order valence-electron chi connectivity index (χ3n) is 3.22. The van der Waals surface area contributed by atoms with E-state index in [0.29, 0.717) is 5.56 Å². The van der Waals surface area contributed by atoms with E-state index in [-0.39, 0.29) is 11.9 Å². The molecule has 1 nitrogen and oxygen atoms in total. The van der Waals surface area contributed by atoms with Crippen molar-refractivity contribution >= 4 is 5.71 Å². The second-order valence-corrected chi connectivity index (χ2v) is 4.74. The lowest BCUT2D eigenvalue weighted by Gasteiger charge is -2.10. The topological polar surface area (TPSA) is 12.4 Å². The molecular formula is C18H22FN. The molecule has 0 radical (unpaired) electrons. The van der Waals surface area contributed by atoms with Gasteiger partial charge in [0.25, 0.3) is 0 Å². The van der Waals surface area contributed by atoms with Crippen molar-refractivity contribution in [3.05, 3.63) is 71.6 Å². The number of halogens is 1. The number of nitrogens with zero attached hydrogens (tertiary/aromatic N) is 1. The van der Waals surface area contributed by atoms with Gasteiger partial charge in [0.05, 0.1) is 6.04 Å². The molecule has 2 heteroatoms. The molecule has 0 fully saturated rings. The summed E-state index contributed by atoms with van der Waals surface area (Å²) in [6.07, 6.45) is 7.64. The van der Waals surface area contributed by atoms with E-state index in [1.807, 2.05) is 45.1 Å². The minimum Gasteiger partial charge on any atom is -0.282 e. The number of aliphatic imine (C=N–C) groups is 1. The van der Waals surface area contributed by atoms with Crippen LogP contribution in [0, 0.1) is 12.7 Å². The Morgan fingerprint density at radius 3 is 2.65 bits per heavy atom. The average molecular weight is 271 g/mol. The highest BCUT2D eigenvalue weighted by Crippen LogP contribution is 2.14. The summed E-state index contributed by atoms with van der Waals surface area (Å²) in [4.78, 5) is 4.64. The summed E-state index contributed by atoms with van der Waals surface area (Å²) < 4.78 is 13.6. The first kappa shape index (κ1) is 16.1. The maximum absolute atomic E-state index is 13.6. The third-order valence-corrected chi connectivity index (χ3v) is 3.22. The maximum Gasteiger partial charge on any atom is 0.126 e. The van der Waals surface area contributed by atoms with Crippen LogP contribution in [-0.4, -0.2) is 11.8 Å². The zero-order valence-corrected chi connectivity index (χ0v) is 12.7. The predicted octanol–water partition coefficient (Wildman–Crippen LogP) is 5.02. The van der Waals surface area contributed by atoms with Gasteiger partial charge in [0.1, 0.15) is 5.82 Å². The normalized spacial score (nSPS) is 14.7. The van der Waals surface area contributed by atoms with Crippen molar-refractivity contribution in [2.24, 2.45) is 4.99 Å². The molecule has 0 aliphatic carbocycles. The lowest BCUT2D eigenvalue weighted by atomic mass is 10.1. The average Bonchev–Trinajstić information content (AvgIpc) is 2.42. The molecule has 1 aromatic carbocycles. The second kappa shape index (κ2) is 7.59. The second-order valence-electron chi connectivity index (χ2n) is 4.74. The smallest absolute Gasteiger partial charge is 0.126 e. The van der Waals surface area contributed by atoms with Gasteiger partial charge in [-0.2, -0.15) is 0 Å². The van der Waals surface area contributed by atoms with Crippen LogP contribution in [-0.2, 0) is 0 Å². The highest BCUT2D eigenvalue weighted by molar-refractivity contribution is 5.99. The van der Waals surface area contributed by atoms with Gasteiger partial charge >= 0.3 is 0 Å². The van der Waals surface area contributed by atoms with Crippen LogP contribution in [0.2, 0.25) is 0 Å². The van der Waals surface area contributed by atoms with Crippen LogP contribution in [0.1, 0.15) is 31.9 Å². The predicted molar refractivity (Wildman–Crippen MR) is 85.9 cm³/mol. The Balaban J connectivity index is 2.99. The van der Waals surface area contributed by atoms with Gasteiger partial charge < -0.3 is 0 Å². The fraction of sp³-hybridized carbons (Fsp3) is 0.278. The van der Waals surface area contributed by atoms with Gasteiger partial charge in [0.2, 0.25) is 0 Å². The van der Waals surface area contributed by atoms with E-state index in [1.54, 1.807) is 19.1 Å². The van der Waals surface area contributed by atoms with Gasteiger partial charge in [0, 0.05) is 5.71 Å². The van der Waals surface area contributed by atoms with Crippen LogP contribution < -0.4 is 0 Å². The van der Waals surface area contributed by atoms with E-state index in [1.165, 1.54) is 6.07 Å². The molecule has 1 aromatic rings. The molecular weight excluding hydrogens is 249 g/mol. The van der Waals surface area contributed by atoms with E-state index < -0.39 is 0 Å². The molecule has 1 atom stereocenters. The van der Waals surface area contributed by atoms with Crippen molar-refractivity contribution in [2.45, 2.75) is 33.7 Å². The number of aryl methyl sites for hydroxylation is 1. The Morgan fingerprint density at radius 2 is 2.10 bits per heavy atom. The fourth-order valence-corrected chi connectivity index (χ4v) is 1.91. The molecule has 0 amide bonds. The van der Waals surface area contributed by atoms with Crippen LogP contribution in [0.4, 0.5) is 4.39 Å². The molecule has 106 valence electrons. The van der Waals surface area contributed by atoms with Crippen molar-refractivity contribution in [3.63, 3.8) is 0 Å². The van der Waals surface area contributed by atoms with Gasteiger partial charge in [-0.15, -0.1) is 0 Å². The lowest BCUT2D eigenvalue weighted by Crippen LogP contribution is -2.06. The molecule has 0 spiro atoms. The van der Waals surface area contributed by atoms with Crippen LogP contribution in [0.25, 0.3) is 0 Å². The van der Waals surface area contributed by atoms with E-state index >= 15 is 0 Å². The van der Waals surface area contributed by atoms with E-state index in [0.717, 1.165) is 16.8 Å². The lowest BCUT2D eigenvalue weighted by molar-refractivity contribution is 0.618. The van der Waals surface area contributed by atoms with Crippen molar-refractivity contribution in [3.8, 4) is 0 Å². The SMILES string of the molecule is C=C/C=C\C(=C/C)[C@H](C)/N=C(\C)c1ccc(C)c(F)c1. The Labute approximate surface area is 121 Å². The zero-order valence-electron chi connectivity index (χ0n) is 12.7. The summed E-state index contributed by atoms with van der Waals surface area (Å²) in [6.45, 7) is 11.3. The van der Waals surface area contributed by atoms with Crippen LogP contribution >= 0.6 is 0 Å². The van der Waals surface area contributed by atoms with Crippen LogP contribution in [0.5, 0.6) is 0 Å². The number of benzene rings is 1.